The van der Waals surface area contributed by atoms with Gasteiger partial charge in [0.15, 0.2) is 0 Å². The molecule has 0 atom stereocenters. The van der Waals surface area contributed by atoms with Crippen LogP contribution in [0.15, 0.2) is 163 Å². The first kappa shape index (κ1) is 26.4. The number of para-hydroxylation sites is 4. The minimum Gasteiger partial charge on any atom is -0.309 e. The summed E-state index contributed by atoms with van der Waals surface area (Å²) >= 11 is 0. The highest BCUT2D eigenvalue weighted by Gasteiger charge is 2.22. The largest absolute Gasteiger partial charge is 0.309 e. The summed E-state index contributed by atoms with van der Waals surface area (Å²) in [6.45, 7) is 0. The molecule has 5 heteroatoms. The van der Waals surface area contributed by atoms with E-state index in [4.69, 9.17) is 4.98 Å². The van der Waals surface area contributed by atoms with Gasteiger partial charge in [-0.1, -0.05) is 97.1 Å². The number of hydrogen-bond donors (Lipinski definition) is 0. The maximum atomic E-state index is 14.2. The van der Waals surface area contributed by atoms with E-state index in [1.54, 1.807) is 0 Å². The van der Waals surface area contributed by atoms with Crippen molar-refractivity contribution in [1.29, 1.82) is 0 Å². The van der Waals surface area contributed by atoms with Crippen LogP contribution in [0.2, 0.25) is 0 Å². The third kappa shape index (κ3) is 3.53. The predicted molar refractivity (Wildman–Crippen MR) is 202 cm³/mol. The SMILES string of the molecule is O=c1c2ccccc2c2cccc3nc(-n4c5ccccc5c5cc(-c6ccc7c(c6)c6ccccc6n7-c6ccccc6)ccc54)n1c32. The number of fused-ring (bicyclic) bond motifs is 8. The average Bonchev–Trinajstić information content (AvgIpc) is 3.82. The van der Waals surface area contributed by atoms with E-state index in [1.807, 2.05) is 40.8 Å². The van der Waals surface area contributed by atoms with Crippen molar-refractivity contribution in [1.82, 2.24) is 18.5 Å². The smallest absolute Gasteiger partial charge is 0.265 e. The maximum Gasteiger partial charge on any atom is 0.265 e. The van der Waals surface area contributed by atoms with E-state index >= 15 is 0 Å². The van der Waals surface area contributed by atoms with Crippen molar-refractivity contribution in [2.24, 2.45) is 0 Å². The lowest BCUT2D eigenvalue weighted by Gasteiger charge is -2.09. The number of pyridine rings is 1. The standard InChI is InChI=1S/C44H26N4O/c49-43-34-16-5-4-13-30(34)33-17-10-18-37-42(33)48(43)44(45-37)47-39-20-9-7-15-32(39)36-26-28(22-24-41(36)47)27-21-23-40-35(25-27)31-14-6-8-19-38(31)46(40)29-11-2-1-3-12-29/h1-26H. The number of aromatic nitrogens is 4. The fraction of sp³-hybridized carbons (Fsp3) is 0. The van der Waals surface area contributed by atoms with Gasteiger partial charge in [0, 0.05) is 38.0 Å². The summed E-state index contributed by atoms with van der Waals surface area (Å²) in [4.78, 5) is 19.3. The minimum absolute atomic E-state index is 0.0580. The lowest BCUT2D eigenvalue weighted by Crippen LogP contribution is -2.16. The van der Waals surface area contributed by atoms with Crippen LogP contribution in [0, 0.1) is 0 Å². The Labute approximate surface area is 279 Å². The third-order valence-corrected chi connectivity index (χ3v) is 10.2. The second kappa shape index (κ2) is 9.66. The molecule has 0 N–H and O–H groups in total. The molecule has 0 aliphatic heterocycles. The molecule has 0 spiro atoms. The van der Waals surface area contributed by atoms with Gasteiger partial charge < -0.3 is 4.57 Å². The van der Waals surface area contributed by atoms with Crippen molar-refractivity contribution < 1.29 is 0 Å². The zero-order valence-corrected chi connectivity index (χ0v) is 26.2. The van der Waals surface area contributed by atoms with Crippen molar-refractivity contribution in [2.75, 3.05) is 0 Å². The first-order valence-corrected chi connectivity index (χ1v) is 16.5. The van der Waals surface area contributed by atoms with E-state index in [9.17, 15) is 4.79 Å². The van der Waals surface area contributed by atoms with Gasteiger partial charge in [-0.15, -0.1) is 0 Å². The van der Waals surface area contributed by atoms with Gasteiger partial charge in [-0.3, -0.25) is 9.36 Å². The van der Waals surface area contributed by atoms with Crippen molar-refractivity contribution in [3.8, 4) is 22.8 Å². The molecule has 0 radical (unpaired) electrons. The van der Waals surface area contributed by atoms with Crippen molar-refractivity contribution in [2.45, 2.75) is 0 Å². The van der Waals surface area contributed by atoms with Crippen LogP contribution in [0.1, 0.15) is 0 Å². The second-order valence-corrected chi connectivity index (χ2v) is 12.8. The van der Waals surface area contributed by atoms with E-state index in [0.29, 0.717) is 11.3 Å². The molecule has 0 fully saturated rings. The highest BCUT2D eigenvalue weighted by molar-refractivity contribution is 6.14. The van der Waals surface area contributed by atoms with Gasteiger partial charge in [0.25, 0.3) is 5.56 Å². The van der Waals surface area contributed by atoms with Crippen LogP contribution in [0.5, 0.6) is 0 Å². The first-order chi connectivity index (χ1) is 24.2. The molecule has 11 rings (SSSR count). The van der Waals surface area contributed by atoms with Crippen molar-refractivity contribution in [3.63, 3.8) is 0 Å². The molecule has 4 heterocycles. The van der Waals surface area contributed by atoms with E-state index in [1.165, 1.54) is 21.8 Å². The summed E-state index contributed by atoms with van der Waals surface area (Å²) in [6, 6.07) is 55.0. The molecular weight excluding hydrogens is 601 g/mol. The van der Waals surface area contributed by atoms with Gasteiger partial charge >= 0.3 is 0 Å². The molecule has 4 aromatic heterocycles. The molecule has 49 heavy (non-hydrogen) atoms. The summed E-state index contributed by atoms with van der Waals surface area (Å²) in [5, 5.41) is 7.35. The highest BCUT2D eigenvalue weighted by Crippen LogP contribution is 2.39. The Morgan fingerprint density at radius 3 is 1.63 bits per heavy atom. The minimum atomic E-state index is -0.0580. The number of nitrogens with zero attached hydrogens (tertiary/aromatic N) is 4. The zero-order valence-electron chi connectivity index (χ0n) is 26.2. The van der Waals surface area contributed by atoms with Crippen LogP contribution < -0.4 is 5.56 Å². The molecule has 0 amide bonds. The number of benzene rings is 7. The Kier molecular flexibility index (Phi) is 5.19. The lowest BCUT2D eigenvalue weighted by atomic mass is 10.0. The Bertz CT molecular complexity index is 3180. The van der Waals surface area contributed by atoms with Gasteiger partial charge in [0.1, 0.15) is 0 Å². The summed E-state index contributed by atoms with van der Waals surface area (Å²) in [6.07, 6.45) is 0. The number of rotatable bonds is 3. The molecule has 0 bridgehead atoms. The first-order valence-electron chi connectivity index (χ1n) is 16.5. The lowest BCUT2D eigenvalue weighted by molar-refractivity contribution is 0.970. The van der Waals surface area contributed by atoms with Crippen LogP contribution in [0.4, 0.5) is 0 Å². The molecule has 7 aromatic carbocycles. The Morgan fingerprint density at radius 1 is 0.408 bits per heavy atom. The van der Waals surface area contributed by atoms with E-state index in [0.717, 1.165) is 60.4 Å². The van der Waals surface area contributed by atoms with Crippen molar-refractivity contribution >= 4 is 70.8 Å². The van der Waals surface area contributed by atoms with Crippen LogP contribution >= 0.6 is 0 Å². The van der Waals surface area contributed by atoms with Crippen LogP contribution in [0.3, 0.4) is 0 Å². The summed E-state index contributed by atoms with van der Waals surface area (Å²) < 4.78 is 6.31. The van der Waals surface area contributed by atoms with E-state index in [-0.39, 0.29) is 5.56 Å². The Morgan fingerprint density at radius 2 is 0.939 bits per heavy atom. The van der Waals surface area contributed by atoms with Gasteiger partial charge in [-0.05, 0) is 77.2 Å². The number of imidazole rings is 1. The fourth-order valence-corrected chi connectivity index (χ4v) is 8.07. The summed E-state index contributed by atoms with van der Waals surface area (Å²) in [5.74, 6) is 0.607. The summed E-state index contributed by atoms with van der Waals surface area (Å²) in [5.41, 5.74) is 9.43. The topological polar surface area (TPSA) is 44.2 Å². The monoisotopic (exact) mass is 626 g/mol. The molecule has 0 saturated heterocycles. The maximum absolute atomic E-state index is 14.2. The molecule has 0 aliphatic rings. The third-order valence-electron chi connectivity index (χ3n) is 10.2. The Balaban J connectivity index is 1.16. The van der Waals surface area contributed by atoms with Gasteiger partial charge in [0.05, 0.1) is 33.1 Å². The molecule has 11 aromatic rings. The molecule has 0 aliphatic carbocycles. The molecule has 5 nitrogen and oxygen atoms in total. The fourth-order valence-electron chi connectivity index (χ4n) is 8.07. The van der Waals surface area contributed by atoms with Crippen LogP contribution in [-0.2, 0) is 0 Å². The second-order valence-electron chi connectivity index (χ2n) is 12.8. The van der Waals surface area contributed by atoms with Crippen molar-refractivity contribution in [3.05, 3.63) is 168 Å². The van der Waals surface area contributed by atoms with Gasteiger partial charge in [-0.2, -0.15) is 0 Å². The van der Waals surface area contributed by atoms with Crippen LogP contribution in [0.25, 0.3) is 93.6 Å². The Hall–Kier alpha value is -6.72. The summed E-state index contributed by atoms with van der Waals surface area (Å²) in [7, 11) is 0. The zero-order chi connectivity index (χ0) is 32.2. The average molecular weight is 627 g/mol. The van der Waals surface area contributed by atoms with E-state index < -0.39 is 0 Å². The van der Waals surface area contributed by atoms with E-state index in [2.05, 4.69) is 130 Å². The normalized spacial score (nSPS) is 12.2. The molecule has 228 valence electrons. The molecule has 0 unspecified atom stereocenters. The molecule has 0 saturated carbocycles. The molecular formula is C44H26N4O. The highest BCUT2D eigenvalue weighted by atomic mass is 16.1. The number of hydrogen-bond acceptors (Lipinski definition) is 2. The van der Waals surface area contributed by atoms with Gasteiger partial charge in [0.2, 0.25) is 5.95 Å². The van der Waals surface area contributed by atoms with Gasteiger partial charge in [-0.25, -0.2) is 9.38 Å². The van der Waals surface area contributed by atoms with Crippen LogP contribution in [-0.4, -0.2) is 18.5 Å². The predicted octanol–water partition coefficient (Wildman–Crippen LogP) is 10.3. The quantitative estimate of drug-likeness (QED) is 0.183.